The molecule has 0 bridgehead atoms. The van der Waals surface area contributed by atoms with Gasteiger partial charge in [0.05, 0.1) is 25.3 Å². The van der Waals surface area contributed by atoms with Gasteiger partial charge in [-0.2, -0.15) is 0 Å². The van der Waals surface area contributed by atoms with Crippen molar-refractivity contribution in [3.63, 3.8) is 0 Å². The number of aryl methyl sites for hydroxylation is 2. The maximum Gasteiger partial charge on any atom is 0.307 e. The molecule has 1 saturated heterocycles. The Morgan fingerprint density at radius 2 is 1.94 bits per heavy atom. The average Bonchev–Trinajstić information content (AvgIpc) is 3.47. The first-order valence-corrected chi connectivity index (χ1v) is 11.7. The number of ether oxygens (including phenoxy) is 3. The Kier molecular flexibility index (Phi) is 6.24. The second-order valence-corrected chi connectivity index (χ2v) is 9.23. The second-order valence-electron chi connectivity index (χ2n) is 9.23. The molecule has 0 spiro atoms. The van der Waals surface area contributed by atoms with E-state index in [2.05, 4.69) is 49.2 Å². The molecule has 2 heterocycles. The molecule has 3 atom stereocenters. The Bertz CT molecular complexity index is 1160. The highest BCUT2D eigenvalue weighted by atomic mass is 16.5. The fourth-order valence-corrected chi connectivity index (χ4v) is 4.72. The summed E-state index contributed by atoms with van der Waals surface area (Å²) in [6, 6.07) is 16.3. The molecule has 0 unspecified atom stereocenters. The summed E-state index contributed by atoms with van der Waals surface area (Å²) in [7, 11) is 0. The molecule has 6 nitrogen and oxygen atoms in total. The standard InChI is InChI=1S/C28H29NO5/c1-17-10-23(34-22-8-9-32-16-22)11-18(2)27(17)20-5-3-4-19(12-20)15-33-21-6-7-26(29-14-21)24-13-25(24)28(30)31/h3-7,10-12,14,22,24-25H,8-9,13,15-16H2,1-2H3,(H,30,31)/t22-,24+,25+/m0/s1. The monoisotopic (exact) mass is 459 g/mol. The maximum atomic E-state index is 11.1. The molecule has 2 aliphatic rings. The first-order valence-electron chi connectivity index (χ1n) is 11.7. The Hall–Kier alpha value is -3.38. The molecule has 2 fully saturated rings. The lowest BCUT2D eigenvalue weighted by Crippen LogP contribution is -2.15. The topological polar surface area (TPSA) is 77.9 Å². The summed E-state index contributed by atoms with van der Waals surface area (Å²) in [6.07, 6.45) is 3.41. The molecule has 5 rings (SSSR count). The van der Waals surface area contributed by atoms with Gasteiger partial charge in [0, 0.05) is 18.0 Å². The number of benzene rings is 2. The van der Waals surface area contributed by atoms with Crippen molar-refractivity contribution >= 4 is 5.97 Å². The van der Waals surface area contributed by atoms with Gasteiger partial charge in [-0.25, -0.2) is 0 Å². The van der Waals surface area contributed by atoms with Crippen molar-refractivity contribution < 1.29 is 24.1 Å². The van der Waals surface area contributed by atoms with Crippen LogP contribution in [0.5, 0.6) is 11.5 Å². The summed E-state index contributed by atoms with van der Waals surface area (Å²) >= 11 is 0. The normalized spacial score (nSPS) is 21.3. The zero-order valence-corrected chi connectivity index (χ0v) is 19.5. The zero-order chi connectivity index (χ0) is 23.7. The number of nitrogens with zero attached hydrogens (tertiary/aromatic N) is 1. The number of carboxylic acids is 1. The van der Waals surface area contributed by atoms with Gasteiger partial charge < -0.3 is 19.3 Å². The van der Waals surface area contributed by atoms with Crippen molar-refractivity contribution in [3.05, 3.63) is 77.1 Å². The fraction of sp³-hybridized carbons (Fsp3) is 0.357. The second kappa shape index (κ2) is 9.47. The van der Waals surface area contributed by atoms with E-state index < -0.39 is 5.97 Å². The van der Waals surface area contributed by atoms with Crippen LogP contribution >= 0.6 is 0 Å². The molecule has 0 amide bonds. The highest BCUT2D eigenvalue weighted by Gasteiger charge is 2.45. The summed E-state index contributed by atoms with van der Waals surface area (Å²) in [4.78, 5) is 15.5. The van der Waals surface area contributed by atoms with Crippen LogP contribution in [0.1, 0.15) is 41.1 Å². The van der Waals surface area contributed by atoms with E-state index in [0.717, 1.165) is 35.6 Å². The average molecular weight is 460 g/mol. The number of hydrogen-bond acceptors (Lipinski definition) is 5. The van der Waals surface area contributed by atoms with Crippen LogP contribution in [-0.4, -0.2) is 35.4 Å². The lowest BCUT2D eigenvalue weighted by atomic mass is 9.94. The fourth-order valence-electron chi connectivity index (χ4n) is 4.72. The maximum absolute atomic E-state index is 11.1. The van der Waals surface area contributed by atoms with Crippen molar-refractivity contribution in [2.45, 2.75) is 45.3 Å². The van der Waals surface area contributed by atoms with Gasteiger partial charge in [-0.15, -0.1) is 0 Å². The minimum atomic E-state index is -0.747. The van der Waals surface area contributed by atoms with Crippen LogP contribution in [0.4, 0.5) is 0 Å². The number of rotatable bonds is 8. The van der Waals surface area contributed by atoms with Crippen LogP contribution in [0.2, 0.25) is 0 Å². The summed E-state index contributed by atoms with van der Waals surface area (Å²) in [5.41, 5.74) is 6.59. The van der Waals surface area contributed by atoms with Gasteiger partial charge in [0.1, 0.15) is 24.2 Å². The van der Waals surface area contributed by atoms with E-state index in [1.54, 1.807) is 6.20 Å². The van der Waals surface area contributed by atoms with Gasteiger partial charge in [-0.05, 0) is 78.4 Å². The largest absolute Gasteiger partial charge is 0.488 e. The molecule has 3 aromatic rings. The predicted molar refractivity (Wildman–Crippen MR) is 128 cm³/mol. The number of hydrogen-bond donors (Lipinski definition) is 1. The summed E-state index contributed by atoms with van der Waals surface area (Å²) in [5.74, 6) is 0.546. The number of aliphatic carboxylic acids is 1. The summed E-state index contributed by atoms with van der Waals surface area (Å²) in [5, 5.41) is 9.10. The minimum absolute atomic E-state index is 0.0259. The number of aromatic nitrogens is 1. The predicted octanol–water partition coefficient (Wildman–Crippen LogP) is 5.30. The van der Waals surface area contributed by atoms with Crippen LogP contribution in [0.15, 0.2) is 54.7 Å². The highest BCUT2D eigenvalue weighted by molar-refractivity contribution is 5.75. The van der Waals surface area contributed by atoms with Gasteiger partial charge in [-0.1, -0.05) is 18.2 Å². The lowest BCUT2D eigenvalue weighted by Gasteiger charge is -2.17. The van der Waals surface area contributed by atoms with Gasteiger partial charge in [0.25, 0.3) is 0 Å². The van der Waals surface area contributed by atoms with Crippen molar-refractivity contribution in [1.29, 1.82) is 0 Å². The van der Waals surface area contributed by atoms with Gasteiger partial charge in [0.2, 0.25) is 0 Å². The molecule has 176 valence electrons. The summed E-state index contributed by atoms with van der Waals surface area (Å²) in [6.45, 7) is 6.08. The van der Waals surface area contributed by atoms with Crippen LogP contribution < -0.4 is 9.47 Å². The molecule has 1 aliphatic carbocycles. The molecule has 2 aromatic carbocycles. The third kappa shape index (κ3) is 4.92. The van der Waals surface area contributed by atoms with Crippen molar-refractivity contribution in [2.75, 3.05) is 13.2 Å². The number of carboxylic acid groups (broad SMARTS) is 1. The molecular formula is C28H29NO5. The summed E-state index contributed by atoms with van der Waals surface area (Å²) < 4.78 is 17.5. The molecule has 6 heteroatoms. The zero-order valence-electron chi connectivity index (χ0n) is 19.5. The van der Waals surface area contributed by atoms with Crippen molar-refractivity contribution in [3.8, 4) is 22.6 Å². The van der Waals surface area contributed by atoms with Crippen LogP contribution in [-0.2, 0) is 16.1 Å². The van der Waals surface area contributed by atoms with Gasteiger partial charge >= 0.3 is 5.97 Å². The molecule has 1 aromatic heterocycles. The van der Waals surface area contributed by atoms with Crippen molar-refractivity contribution in [1.82, 2.24) is 4.98 Å². The van der Waals surface area contributed by atoms with E-state index in [4.69, 9.17) is 19.3 Å². The van der Waals surface area contributed by atoms with E-state index in [-0.39, 0.29) is 17.9 Å². The molecule has 34 heavy (non-hydrogen) atoms. The van der Waals surface area contributed by atoms with Gasteiger partial charge in [0.15, 0.2) is 0 Å². The quantitative estimate of drug-likeness (QED) is 0.493. The minimum Gasteiger partial charge on any atom is -0.488 e. The third-order valence-corrected chi connectivity index (χ3v) is 6.56. The van der Waals surface area contributed by atoms with Gasteiger partial charge in [-0.3, -0.25) is 9.78 Å². The van der Waals surface area contributed by atoms with Crippen LogP contribution in [0, 0.1) is 19.8 Å². The highest BCUT2D eigenvalue weighted by Crippen LogP contribution is 2.46. The van der Waals surface area contributed by atoms with E-state index in [1.807, 2.05) is 18.2 Å². The Morgan fingerprint density at radius 3 is 2.59 bits per heavy atom. The third-order valence-electron chi connectivity index (χ3n) is 6.56. The molecule has 0 radical (unpaired) electrons. The first-order chi connectivity index (χ1) is 16.5. The Morgan fingerprint density at radius 1 is 1.12 bits per heavy atom. The van der Waals surface area contributed by atoms with E-state index >= 15 is 0 Å². The SMILES string of the molecule is Cc1cc(O[C@H]2CCOC2)cc(C)c1-c1cccc(COc2ccc([C@@H]3C[C@H]3C(=O)O)nc2)c1. The van der Waals surface area contributed by atoms with E-state index in [0.29, 0.717) is 25.4 Å². The van der Waals surface area contributed by atoms with Crippen LogP contribution in [0.3, 0.4) is 0 Å². The molecule has 1 aliphatic heterocycles. The van der Waals surface area contributed by atoms with E-state index in [9.17, 15) is 4.79 Å². The Balaban J connectivity index is 1.25. The number of pyridine rings is 1. The Labute approximate surface area is 199 Å². The molecule has 1 N–H and O–H groups in total. The van der Waals surface area contributed by atoms with Crippen LogP contribution in [0.25, 0.3) is 11.1 Å². The smallest absolute Gasteiger partial charge is 0.307 e. The van der Waals surface area contributed by atoms with E-state index in [1.165, 1.54) is 16.7 Å². The first kappa shape index (κ1) is 22.4. The molecule has 1 saturated carbocycles. The lowest BCUT2D eigenvalue weighted by molar-refractivity contribution is -0.138. The van der Waals surface area contributed by atoms with Crippen molar-refractivity contribution in [2.24, 2.45) is 5.92 Å². The molecular weight excluding hydrogens is 430 g/mol. The number of carbonyl (C=O) groups is 1.